The number of anilines is 1. The molecule has 0 radical (unpaired) electrons. The molecule has 0 bridgehead atoms. The summed E-state index contributed by atoms with van der Waals surface area (Å²) in [5.41, 5.74) is 2.02. The molecule has 7 nitrogen and oxygen atoms in total. The van der Waals surface area contributed by atoms with E-state index in [-0.39, 0.29) is 5.56 Å². The second-order valence-corrected chi connectivity index (χ2v) is 6.06. The minimum atomic E-state index is -0.0592. The van der Waals surface area contributed by atoms with Gasteiger partial charge in [-0.05, 0) is 42.9 Å². The third-order valence-corrected chi connectivity index (χ3v) is 4.56. The number of hydrogen-bond acceptors (Lipinski definition) is 5. The van der Waals surface area contributed by atoms with Crippen molar-refractivity contribution in [2.24, 2.45) is 0 Å². The highest BCUT2D eigenvalue weighted by molar-refractivity contribution is 5.78. The van der Waals surface area contributed by atoms with Gasteiger partial charge in [-0.1, -0.05) is 12.5 Å². The lowest BCUT2D eigenvalue weighted by atomic mass is 9.81. The van der Waals surface area contributed by atoms with Gasteiger partial charge in [0.1, 0.15) is 0 Å². The van der Waals surface area contributed by atoms with E-state index in [9.17, 15) is 4.79 Å². The van der Waals surface area contributed by atoms with Crippen LogP contribution in [0.2, 0.25) is 0 Å². The molecule has 0 spiro atoms. The van der Waals surface area contributed by atoms with Gasteiger partial charge in [0.05, 0.1) is 23.3 Å². The van der Waals surface area contributed by atoms with Crippen LogP contribution < -0.4 is 10.9 Å². The Labute approximate surface area is 132 Å². The average Bonchev–Trinajstić information content (AvgIpc) is 2.97. The molecule has 3 N–H and O–H groups in total. The quantitative estimate of drug-likeness (QED) is 0.688. The molecule has 1 aliphatic rings. The smallest absolute Gasteiger partial charge is 0.271 e. The summed E-state index contributed by atoms with van der Waals surface area (Å²) in [6.07, 6.45) is 7.60. The molecule has 0 saturated heterocycles. The summed E-state index contributed by atoms with van der Waals surface area (Å²) in [7, 11) is 0. The first-order chi connectivity index (χ1) is 11.3. The Balaban J connectivity index is 1.53. The fourth-order valence-electron chi connectivity index (χ4n) is 3.42. The van der Waals surface area contributed by atoms with Gasteiger partial charge in [-0.25, -0.2) is 4.98 Å². The largest absolute Gasteiger partial charge is 0.350 e. The van der Waals surface area contributed by atoms with Crippen LogP contribution in [-0.2, 0) is 0 Å². The van der Waals surface area contributed by atoms with E-state index in [0.717, 1.165) is 36.6 Å². The molecule has 1 aliphatic carbocycles. The zero-order valence-corrected chi connectivity index (χ0v) is 12.6. The van der Waals surface area contributed by atoms with E-state index in [1.807, 2.05) is 12.1 Å². The van der Waals surface area contributed by atoms with Gasteiger partial charge in [-0.15, -0.1) is 5.10 Å². The molecule has 2 aromatic heterocycles. The van der Waals surface area contributed by atoms with Crippen LogP contribution in [0.15, 0.2) is 35.4 Å². The summed E-state index contributed by atoms with van der Waals surface area (Å²) < 4.78 is 0. The highest BCUT2D eigenvalue weighted by Gasteiger charge is 2.24. The second kappa shape index (κ2) is 5.83. The second-order valence-electron chi connectivity index (χ2n) is 6.06. The Morgan fingerprint density at radius 2 is 2.13 bits per heavy atom. The van der Waals surface area contributed by atoms with Crippen molar-refractivity contribution < 1.29 is 0 Å². The van der Waals surface area contributed by atoms with Gasteiger partial charge in [-0.2, -0.15) is 5.10 Å². The van der Waals surface area contributed by atoms with Crippen molar-refractivity contribution in [2.75, 3.05) is 5.32 Å². The van der Waals surface area contributed by atoms with E-state index < -0.39 is 0 Å². The molecule has 2 heterocycles. The number of aromatic nitrogens is 5. The van der Waals surface area contributed by atoms with Crippen molar-refractivity contribution in [3.05, 3.63) is 46.5 Å². The number of H-pyrrole nitrogens is 2. The van der Waals surface area contributed by atoms with Crippen LogP contribution in [0.3, 0.4) is 0 Å². The number of benzene rings is 1. The van der Waals surface area contributed by atoms with Gasteiger partial charge in [0, 0.05) is 6.04 Å². The molecule has 2 unspecified atom stereocenters. The highest BCUT2D eigenvalue weighted by Crippen LogP contribution is 2.34. The fourth-order valence-corrected chi connectivity index (χ4v) is 3.42. The summed E-state index contributed by atoms with van der Waals surface area (Å²) in [6, 6.07) is 6.43. The summed E-state index contributed by atoms with van der Waals surface area (Å²) in [5.74, 6) is 1.02. The van der Waals surface area contributed by atoms with Crippen LogP contribution >= 0.6 is 0 Å². The Bertz CT molecular complexity index is 856. The predicted octanol–water partition coefficient (Wildman–Crippen LogP) is 2.18. The van der Waals surface area contributed by atoms with E-state index in [4.69, 9.17) is 0 Å². The van der Waals surface area contributed by atoms with Gasteiger partial charge in [0.25, 0.3) is 5.56 Å². The van der Waals surface area contributed by atoms with Gasteiger partial charge < -0.3 is 5.32 Å². The zero-order chi connectivity index (χ0) is 15.6. The molecule has 7 heteroatoms. The summed E-state index contributed by atoms with van der Waals surface area (Å²) in [5, 5.41) is 17.5. The first kappa shape index (κ1) is 13.9. The number of aromatic amines is 2. The minimum Gasteiger partial charge on any atom is -0.350 e. The molecular weight excluding hydrogens is 292 g/mol. The Morgan fingerprint density at radius 3 is 3.00 bits per heavy atom. The molecule has 23 heavy (non-hydrogen) atoms. The monoisotopic (exact) mass is 310 g/mol. The van der Waals surface area contributed by atoms with E-state index in [1.165, 1.54) is 5.56 Å². The first-order valence-electron chi connectivity index (χ1n) is 7.90. The number of fused-ring (bicyclic) bond motifs is 1. The van der Waals surface area contributed by atoms with E-state index >= 15 is 0 Å². The van der Waals surface area contributed by atoms with Gasteiger partial charge in [-0.3, -0.25) is 15.0 Å². The van der Waals surface area contributed by atoms with E-state index in [0.29, 0.717) is 17.9 Å². The lowest BCUT2D eigenvalue weighted by Gasteiger charge is -2.30. The first-order valence-corrected chi connectivity index (χ1v) is 7.90. The van der Waals surface area contributed by atoms with Crippen LogP contribution in [0.4, 0.5) is 5.95 Å². The summed E-state index contributed by atoms with van der Waals surface area (Å²) in [6.45, 7) is 0. The van der Waals surface area contributed by atoms with Crippen molar-refractivity contribution in [1.29, 1.82) is 0 Å². The van der Waals surface area contributed by atoms with Crippen molar-refractivity contribution in [2.45, 2.75) is 37.6 Å². The van der Waals surface area contributed by atoms with Gasteiger partial charge in [0.15, 0.2) is 0 Å². The molecule has 4 rings (SSSR count). The molecule has 1 aromatic carbocycles. The zero-order valence-electron chi connectivity index (χ0n) is 12.6. The predicted molar refractivity (Wildman–Crippen MR) is 87.4 cm³/mol. The Kier molecular flexibility index (Phi) is 3.53. The van der Waals surface area contributed by atoms with Gasteiger partial charge >= 0.3 is 0 Å². The molecular formula is C16H18N6O. The van der Waals surface area contributed by atoms with Crippen LogP contribution in [0.1, 0.15) is 37.2 Å². The van der Waals surface area contributed by atoms with Crippen LogP contribution in [0, 0.1) is 0 Å². The minimum absolute atomic E-state index is 0.0592. The van der Waals surface area contributed by atoms with E-state index in [2.05, 4.69) is 36.8 Å². The third kappa shape index (κ3) is 2.81. The molecule has 1 fully saturated rings. The standard InChI is InChI=1S/C16H18N6O/c23-15-13-9-11(4-5-14(13)20-21-15)10-2-1-3-12(8-10)19-16-17-6-7-18-22-16/h4-7,9-10,12H,1-3,8H2,(H,17,19,22)(H2,20,21,23). The summed E-state index contributed by atoms with van der Waals surface area (Å²) in [4.78, 5) is 16.0. The van der Waals surface area contributed by atoms with Crippen LogP contribution in [0.5, 0.6) is 0 Å². The fraction of sp³-hybridized carbons (Fsp3) is 0.375. The molecule has 2 atom stereocenters. The molecule has 0 aliphatic heterocycles. The number of nitrogens with zero attached hydrogens (tertiary/aromatic N) is 3. The average molecular weight is 310 g/mol. The highest BCUT2D eigenvalue weighted by atomic mass is 16.1. The number of rotatable bonds is 3. The SMILES string of the molecule is O=c1[nH][nH]c2ccc(C3CCCC(Nc4nccnn4)C3)cc12. The van der Waals surface area contributed by atoms with Crippen LogP contribution in [0.25, 0.3) is 10.9 Å². The van der Waals surface area contributed by atoms with Crippen molar-refractivity contribution in [3.8, 4) is 0 Å². The van der Waals surface area contributed by atoms with E-state index in [1.54, 1.807) is 12.4 Å². The van der Waals surface area contributed by atoms with Crippen molar-refractivity contribution in [1.82, 2.24) is 25.4 Å². The Hall–Kier alpha value is -2.70. The molecule has 1 saturated carbocycles. The van der Waals surface area contributed by atoms with Gasteiger partial charge in [0.2, 0.25) is 5.95 Å². The number of nitrogens with one attached hydrogen (secondary N) is 3. The lowest BCUT2D eigenvalue weighted by molar-refractivity contribution is 0.409. The maximum Gasteiger partial charge on any atom is 0.271 e. The van der Waals surface area contributed by atoms with Crippen molar-refractivity contribution in [3.63, 3.8) is 0 Å². The Morgan fingerprint density at radius 1 is 1.17 bits per heavy atom. The number of hydrogen-bond donors (Lipinski definition) is 3. The maximum atomic E-state index is 11.8. The topological polar surface area (TPSA) is 99.3 Å². The summed E-state index contributed by atoms with van der Waals surface area (Å²) >= 11 is 0. The van der Waals surface area contributed by atoms with Crippen molar-refractivity contribution >= 4 is 16.9 Å². The maximum absolute atomic E-state index is 11.8. The normalized spacial score (nSPS) is 21.4. The van der Waals surface area contributed by atoms with Crippen LogP contribution in [-0.4, -0.2) is 31.4 Å². The molecule has 3 aromatic rings. The third-order valence-electron chi connectivity index (χ3n) is 4.56. The lowest BCUT2D eigenvalue weighted by Crippen LogP contribution is -2.27. The molecule has 118 valence electrons. The molecule has 0 amide bonds.